The Hall–Kier alpha value is -1.14. The molecule has 0 aliphatic rings. The second kappa shape index (κ2) is 15.7. The number of hydrogen-bond acceptors (Lipinski definition) is 5. The van der Waals surface area contributed by atoms with Gasteiger partial charge < -0.3 is 10.8 Å². The molecule has 0 amide bonds. The van der Waals surface area contributed by atoms with Gasteiger partial charge in [-0.3, -0.25) is 4.79 Å². The Balaban J connectivity index is 3.29. The Labute approximate surface area is 140 Å². The summed E-state index contributed by atoms with van der Waals surface area (Å²) < 4.78 is 0. The van der Waals surface area contributed by atoms with Crippen LogP contribution in [0.1, 0.15) is 84.0 Å². The number of unbranched alkanes of at least 4 members (excludes halogenated alkanes) is 9. The summed E-state index contributed by atoms with van der Waals surface area (Å²) in [5.74, 6) is -1.56. The minimum atomic E-state index is -0.966. The Kier molecular flexibility index (Phi) is 15.0. The summed E-state index contributed by atoms with van der Waals surface area (Å²) in [5.41, 5.74) is 8.13. The first-order chi connectivity index (χ1) is 11.1. The van der Waals surface area contributed by atoms with E-state index in [2.05, 4.69) is 12.4 Å². The van der Waals surface area contributed by atoms with Gasteiger partial charge >= 0.3 is 11.9 Å². The molecule has 0 unspecified atom stereocenters. The molecule has 0 saturated heterocycles. The third-order valence-corrected chi connectivity index (χ3v) is 3.78. The van der Waals surface area contributed by atoms with Gasteiger partial charge in [0, 0.05) is 6.42 Å². The van der Waals surface area contributed by atoms with E-state index in [0.717, 1.165) is 12.8 Å². The Morgan fingerprint density at radius 1 is 1.09 bits per heavy atom. The molecule has 0 rings (SSSR count). The van der Waals surface area contributed by atoms with Crippen LogP contribution in [0.3, 0.4) is 0 Å². The first kappa shape index (κ1) is 21.9. The van der Waals surface area contributed by atoms with Gasteiger partial charge in [-0.15, -0.1) is 0 Å². The maximum absolute atomic E-state index is 11.4. The van der Waals surface area contributed by atoms with E-state index < -0.39 is 18.0 Å². The zero-order valence-corrected chi connectivity index (χ0v) is 14.5. The summed E-state index contributed by atoms with van der Waals surface area (Å²) in [5, 5.41) is 8.51. The molecule has 0 bridgehead atoms. The van der Waals surface area contributed by atoms with Crippen LogP contribution in [0.5, 0.6) is 0 Å². The van der Waals surface area contributed by atoms with Crippen molar-refractivity contribution < 1.29 is 19.5 Å². The number of carbonyl (C=O) groups is 2. The third-order valence-electron chi connectivity index (χ3n) is 3.78. The zero-order valence-electron chi connectivity index (χ0n) is 14.5. The maximum Gasteiger partial charge on any atom is 0.614 e. The molecule has 1 radical (unpaired) electrons. The van der Waals surface area contributed by atoms with Crippen molar-refractivity contribution in [3.05, 3.63) is 0 Å². The zero-order chi connectivity index (χ0) is 17.3. The van der Waals surface area contributed by atoms with Crippen LogP contribution in [-0.4, -0.2) is 29.6 Å². The lowest BCUT2D eigenvalue weighted by Gasteiger charge is -2.02. The van der Waals surface area contributed by atoms with Crippen molar-refractivity contribution >= 4 is 11.9 Å². The highest BCUT2D eigenvalue weighted by Crippen LogP contribution is 2.10. The number of carboxylic acid groups (broad SMARTS) is 1. The molecule has 23 heavy (non-hydrogen) atoms. The number of rotatable bonds is 16. The van der Waals surface area contributed by atoms with E-state index in [1.807, 2.05) is 0 Å². The SMILES string of the molecule is CCCCCCCCCCCCNOC(=[O+])[C@@H](N)CCC(=O)O. The molecule has 135 valence electrons. The van der Waals surface area contributed by atoms with Crippen molar-refractivity contribution in [2.45, 2.75) is 90.0 Å². The molecule has 1 atom stereocenters. The van der Waals surface area contributed by atoms with Gasteiger partial charge in [0.1, 0.15) is 0 Å². The highest BCUT2D eigenvalue weighted by molar-refractivity contribution is 5.76. The molecule has 0 aliphatic carbocycles. The van der Waals surface area contributed by atoms with E-state index in [0.29, 0.717) is 6.54 Å². The van der Waals surface area contributed by atoms with Gasteiger partial charge in [-0.05, 0) is 12.8 Å². The van der Waals surface area contributed by atoms with Crippen molar-refractivity contribution in [2.24, 2.45) is 5.73 Å². The van der Waals surface area contributed by atoms with Crippen LogP contribution in [0.2, 0.25) is 0 Å². The van der Waals surface area contributed by atoms with Gasteiger partial charge in [-0.25, -0.2) is 0 Å². The van der Waals surface area contributed by atoms with Crippen LogP contribution in [0, 0.1) is 0 Å². The van der Waals surface area contributed by atoms with Crippen LogP contribution in [0.25, 0.3) is 0 Å². The highest BCUT2D eigenvalue weighted by atomic mass is 16.7. The molecule has 6 nitrogen and oxygen atoms in total. The van der Waals surface area contributed by atoms with Crippen molar-refractivity contribution in [3.8, 4) is 0 Å². The van der Waals surface area contributed by atoms with E-state index in [-0.39, 0.29) is 12.8 Å². The fourth-order valence-electron chi connectivity index (χ4n) is 2.28. The van der Waals surface area contributed by atoms with Crippen LogP contribution < -0.4 is 11.2 Å². The molecule has 0 aromatic heterocycles. The summed E-state index contributed by atoms with van der Waals surface area (Å²) in [6.45, 7) is 2.84. The first-order valence-electron chi connectivity index (χ1n) is 8.98. The lowest BCUT2D eigenvalue weighted by Crippen LogP contribution is -2.36. The van der Waals surface area contributed by atoms with Crippen molar-refractivity contribution in [1.29, 1.82) is 0 Å². The average molecular weight is 330 g/mol. The lowest BCUT2D eigenvalue weighted by atomic mass is 10.1. The van der Waals surface area contributed by atoms with Gasteiger partial charge in [0.15, 0.2) is 6.04 Å². The van der Waals surface area contributed by atoms with Crippen molar-refractivity contribution in [2.75, 3.05) is 6.54 Å². The van der Waals surface area contributed by atoms with Gasteiger partial charge in [-0.2, -0.15) is 4.84 Å². The Bertz CT molecular complexity index is 311. The molecule has 0 saturated carbocycles. The Morgan fingerprint density at radius 2 is 1.61 bits per heavy atom. The molecule has 0 aromatic rings. The van der Waals surface area contributed by atoms with Gasteiger partial charge in [0.25, 0.3) is 0 Å². The summed E-state index contributed by atoms with van der Waals surface area (Å²) in [4.78, 5) is 26.6. The van der Waals surface area contributed by atoms with Crippen LogP contribution in [0.15, 0.2) is 0 Å². The molecule has 4 N–H and O–H groups in total. The molecule has 0 heterocycles. The fraction of sp³-hybridized carbons (Fsp3) is 0.882. The van der Waals surface area contributed by atoms with Gasteiger partial charge in [0.05, 0.1) is 11.3 Å². The predicted molar refractivity (Wildman–Crippen MR) is 90.8 cm³/mol. The summed E-state index contributed by atoms with van der Waals surface area (Å²) >= 11 is 0. The fourth-order valence-corrected chi connectivity index (χ4v) is 2.28. The number of carboxylic acids is 1. The van der Waals surface area contributed by atoms with E-state index in [9.17, 15) is 9.59 Å². The Morgan fingerprint density at radius 3 is 2.13 bits per heavy atom. The second-order valence-corrected chi connectivity index (χ2v) is 6.04. The largest absolute Gasteiger partial charge is 0.614 e. The number of nitrogens with one attached hydrogen (secondary N) is 1. The normalized spacial score (nSPS) is 12.1. The monoisotopic (exact) mass is 330 g/mol. The molecule has 0 aliphatic heterocycles. The molecule has 0 spiro atoms. The van der Waals surface area contributed by atoms with Crippen LogP contribution in [0.4, 0.5) is 0 Å². The van der Waals surface area contributed by atoms with E-state index >= 15 is 0 Å². The summed E-state index contributed by atoms with van der Waals surface area (Å²) in [6.07, 6.45) is 12.5. The minimum Gasteiger partial charge on any atom is -0.481 e. The number of nitrogens with two attached hydrogens (primary N) is 1. The van der Waals surface area contributed by atoms with Crippen LogP contribution >= 0.6 is 0 Å². The number of hydrogen-bond donors (Lipinski definition) is 3. The predicted octanol–water partition coefficient (Wildman–Crippen LogP) is 3.15. The van der Waals surface area contributed by atoms with Gasteiger partial charge in [-0.1, -0.05) is 70.2 Å². The third kappa shape index (κ3) is 15.5. The number of hydroxylamine groups is 1. The number of aliphatic carboxylic acids is 1. The van der Waals surface area contributed by atoms with Crippen LogP contribution in [-0.2, 0) is 14.4 Å². The quantitative estimate of drug-likeness (QED) is 0.228. The molecular formula is C17H34N2O4+. The maximum atomic E-state index is 11.4. The number of carbonyl (C=O) groups excluding carboxylic acids is 1. The average Bonchev–Trinajstić information content (AvgIpc) is 2.53. The van der Waals surface area contributed by atoms with Crippen molar-refractivity contribution in [3.63, 3.8) is 0 Å². The van der Waals surface area contributed by atoms with E-state index in [4.69, 9.17) is 15.7 Å². The summed E-state index contributed by atoms with van der Waals surface area (Å²) in [6, 6.07) is -0.883. The van der Waals surface area contributed by atoms with E-state index in [1.54, 1.807) is 0 Å². The standard InChI is InChI=1S/C17H34N2O4/c1-2-3-4-5-6-7-8-9-10-11-14-19-23-17(22)15(18)12-13-16(20)21/h15,19H,2-14,18H2,1H3,(H,20,21)/q+1/t15-/m0/s1. The molecule has 0 fully saturated rings. The van der Waals surface area contributed by atoms with Gasteiger partial charge in [0.2, 0.25) is 0 Å². The molecule has 0 aromatic carbocycles. The first-order valence-corrected chi connectivity index (χ1v) is 8.98. The van der Waals surface area contributed by atoms with E-state index in [1.165, 1.54) is 51.4 Å². The second-order valence-electron chi connectivity index (χ2n) is 6.04. The summed E-state index contributed by atoms with van der Waals surface area (Å²) in [7, 11) is 0. The minimum absolute atomic E-state index is 0.0914. The molecule has 6 heteroatoms. The van der Waals surface area contributed by atoms with Crippen molar-refractivity contribution in [1.82, 2.24) is 5.48 Å². The topological polar surface area (TPSA) is 104 Å². The smallest absolute Gasteiger partial charge is 0.481 e. The molecular weight excluding hydrogens is 296 g/mol. The highest BCUT2D eigenvalue weighted by Gasteiger charge is 2.28. The lowest BCUT2D eigenvalue weighted by molar-refractivity contribution is -0.153.